The lowest BCUT2D eigenvalue weighted by atomic mass is 9.85. The Morgan fingerprint density at radius 3 is 2.87 bits per heavy atom. The van der Waals surface area contributed by atoms with E-state index in [-0.39, 0.29) is 5.91 Å². The molecule has 1 saturated carbocycles. The van der Waals surface area contributed by atoms with E-state index < -0.39 is 0 Å². The van der Waals surface area contributed by atoms with E-state index in [1.54, 1.807) is 6.92 Å². The van der Waals surface area contributed by atoms with Gasteiger partial charge >= 0.3 is 0 Å². The number of aromatic nitrogens is 2. The van der Waals surface area contributed by atoms with E-state index in [0.29, 0.717) is 17.3 Å². The monoisotopic (exact) mass is 208 g/mol. The van der Waals surface area contributed by atoms with Crippen LogP contribution in [0.5, 0.6) is 0 Å². The Kier molecular flexibility index (Phi) is 2.62. The molecule has 0 radical (unpaired) electrons. The standard InChI is InChI=1S/C10H16N4O/c1-6-8(11)9(14-13-6)10(15)12-5-7-3-2-4-7/h7H,2-5,11H2,1H3,(H,12,15)(H,13,14). The predicted octanol–water partition coefficient (Wildman–Crippen LogP) is 0.830. The highest BCUT2D eigenvalue weighted by Gasteiger charge is 2.20. The van der Waals surface area contributed by atoms with Crippen LogP contribution < -0.4 is 11.1 Å². The molecule has 0 aromatic carbocycles. The highest BCUT2D eigenvalue weighted by Crippen LogP contribution is 2.25. The number of nitrogen functional groups attached to an aromatic ring is 1. The number of anilines is 1. The van der Waals surface area contributed by atoms with Crippen molar-refractivity contribution in [3.8, 4) is 0 Å². The van der Waals surface area contributed by atoms with Gasteiger partial charge in [0.05, 0.1) is 11.4 Å². The van der Waals surface area contributed by atoms with Crippen molar-refractivity contribution in [2.45, 2.75) is 26.2 Å². The normalized spacial score (nSPS) is 16.1. The maximum atomic E-state index is 11.6. The third-order valence-electron chi connectivity index (χ3n) is 2.99. The summed E-state index contributed by atoms with van der Waals surface area (Å²) in [5, 5.41) is 9.43. The zero-order chi connectivity index (χ0) is 10.8. The van der Waals surface area contributed by atoms with Gasteiger partial charge in [0.1, 0.15) is 0 Å². The van der Waals surface area contributed by atoms with Gasteiger partial charge in [-0.15, -0.1) is 0 Å². The molecule has 1 heterocycles. The smallest absolute Gasteiger partial charge is 0.273 e. The highest BCUT2D eigenvalue weighted by atomic mass is 16.1. The second-order valence-corrected chi connectivity index (χ2v) is 4.12. The van der Waals surface area contributed by atoms with E-state index >= 15 is 0 Å². The molecule has 1 amide bonds. The molecule has 0 atom stereocenters. The molecule has 0 aliphatic heterocycles. The predicted molar refractivity (Wildman–Crippen MR) is 57.4 cm³/mol. The van der Waals surface area contributed by atoms with Crippen molar-refractivity contribution >= 4 is 11.6 Å². The summed E-state index contributed by atoms with van der Waals surface area (Å²) in [4.78, 5) is 11.6. The Bertz CT molecular complexity index is 367. The van der Waals surface area contributed by atoms with Crippen molar-refractivity contribution in [3.63, 3.8) is 0 Å². The van der Waals surface area contributed by atoms with E-state index in [9.17, 15) is 4.79 Å². The first-order valence-electron chi connectivity index (χ1n) is 5.27. The Labute approximate surface area is 88.4 Å². The zero-order valence-electron chi connectivity index (χ0n) is 8.84. The van der Waals surface area contributed by atoms with E-state index in [1.807, 2.05) is 0 Å². The summed E-state index contributed by atoms with van der Waals surface area (Å²) in [7, 11) is 0. The number of carbonyl (C=O) groups excluding carboxylic acids is 1. The fourth-order valence-electron chi connectivity index (χ4n) is 1.63. The van der Waals surface area contributed by atoms with Gasteiger partial charge < -0.3 is 11.1 Å². The number of hydrogen-bond donors (Lipinski definition) is 3. The van der Waals surface area contributed by atoms with Crippen LogP contribution in [-0.2, 0) is 0 Å². The molecule has 0 spiro atoms. The first kappa shape index (κ1) is 10.0. The lowest BCUT2D eigenvalue weighted by molar-refractivity contribution is 0.0935. The first-order chi connectivity index (χ1) is 7.18. The molecule has 4 N–H and O–H groups in total. The lowest BCUT2D eigenvalue weighted by Crippen LogP contribution is -2.32. The maximum absolute atomic E-state index is 11.6. The summed E-state index contributed by atoms with van der Waals surface area (Å²) < 4.78 is 0. The third-order valence-corrected chi connectivity index (χ3v) is 2.99. The summed E-state index contributed by atoms with van der Waals surface area (Å²) in [6.45, 7) is 2.54. The SMILES string of the molecule is Cc1[nH]nc(C(=O)NCC2CCC2)c1N. The van der Waals surface area contributed by atoms with Crippen molar-refractivity contribution in [1.29, 1.82) is 0 Å². The summed E-state index contributed by atoms with van der Waals surface area (Å²) in [6.07, 6.45) is 3.72. The largest absolute Gasteiger partial charge is 0.395 e. The highest BCUT2D eigenvalue weighted by molar-refractivity contribution is 5.97. The van der Waals surface area contributed by atoms with Gasteiger partial charge in [0.25, 0.3) is 5.91 Å². The second kappa shape index (κ2) is 3.92. The van der Waals surface area contributed by atoms with E-state index in [2.05, 4.69) is 15.5 Å². The average molecular weight is 208 g/mol. The number of carbonyl (C=O) groups is 1. The van der Waals surface area contributed by atoms with Crippen molar-refractivity contribution in [3.05, 3.63) is 11.4 Å². The molecular weight excluding hydrogens is 192 g/mol. The summed E-state index contributed by atoms with van der Waals surface area (Å²) in [5.74, 6) is 0.471. The van der Waals surface area contributed by atoms with Crippen molar-refractivity contribution in [2.75, 3.05) is 12.3 Å². The number of nitrogens with one attached hydrogen (secondary N) is 2. The molecule has 0 saturated heterocycles. The van der Waals surface area contributed by atoms with Gasteiger partial charge in [0.15, 0.2) is 5.69 Å². The van der Waals surface area contributed by atoms with Crippen LogP contribution in [-0.4, -0.2) is 22.6 Å². The Balaban J connectivity index is 1.92. The molecule has 5 nitrogen and oxygen atoms in total. The number of nitrogens with two attached hydrogens (primary N) is 1. The van der Waals surface area contributed by atoms with Crippen LogP contribution in [0.3, 0.4) is 0 Å². The Morgan fingerprint density at radius 1 is 1.67 bits per heavy atom. The molecule has 5 heteroatoms. The van der Waals surface area contributed by atoms with Crippen LogP contribution in [0, 0.1) is 12.8 Å². The van der Waals surface area contributed by atoms with Crippen molar-refractivity contribution in [1.82, 2.24) is 15.5 Å². The average Bonchev–Trinajstić information content (AvgIpc) is 2.45. The Morgan fingerprint density at radius 2 is 2.40 bits per heavy atom. The number of rotatable bonds is 3. The summed E-state index contributed by atoms with van der Waals surface area (Å²) in [5.41, 5.74) is 7.20. The van der Waals surface area contributed by atoms with Crippen LogP contribution in [0.2, 0.25) is 0 Å². The molecular formula is C10H16N4O. The first-order valence-corrected chi connectivity index (χ1v) is 5.27. The van der Waals surface area contributed by atoms with Gasteiger partial charge in [-0.05, 0) is 25.7 Å². The number of amides is 1. The molecule has 82 valence electrons. The zero-order valence-corrected chi connectivity index (χ0v) is 8.84. The quantitative estimate of drug-likeness (QED) is 0.688. The fraction of sp³-hybridized carbons (Fsp3) is 0.600. The van der Waals surface area contributed by atoms with Gasteiger partial charge in [-0.25, -0.2) is 0 Å². The van der Waals surface area contributed by atoms with Crippen molar-refractivity contribution in [2.24, 2.45) is 5.92 Å². The fourth-order valence-corrected chi connectivity index (χ4v) is 1.63. The Hall–Kier alpha value is -1.52. The molecule has 1 aromatic heterocycles. The molecule has 0 unspecified atom stereocenters. The minimum absolute atomic E-state index is 0.177. The lowest BCUT2D eigenvalue weighted by Gasteiger charge is -2.25. The van der Waals surface area contributed by atoms with Crippen LogP contribution in [0.25, 0.3) is 0 Å². The molecule has 15 heavy (non-hydrogen) atoms. The minimum Gasteiger partial charge on any atom is -0.395 e. The van der Waals surface area contributed by atoms with E-state index in [4.69, 9.17) is 5.73 Å². The molecule has 2 rings (SSSR count). The van der Waals surface area contributed by atoms with Gasteiger partial charge in [-0.3, -0.25) is 9.89 Å². The van der Waals surface area contributed by atoms with Gasteiger partial charge in [-0.2, -0.15) is 5.10 Å². The number of H-pyrrole nitrogens is 1. The van der Waals surface area contributed by atoms with E-state index in [0.717, 1.165) is 12.2 Å². The molecule has 1 aliphatic carbocycles. The van der Waals surface area contributed by atoms with Gasteiger partial charge in [0, 0.05) is 6.54 Å². The molecule has 0 bridgehead atoms. The van der Waals surface area contributed by atoms with Crippen molar-refractivity contribution < 1.29 is 4.79 Å². The summed E-state index contributed by atoms with van der Waals surface area (Å²) >= 11 is 0. The van der Waals surface area contributed by atoms with E-state index in [1.165, 1.54) is 19.3 Å². The molecule has 1 aromatic rings. The number of aryl methyl sites for hydroxylation is 1. The maximum Gasteiger partial charge on any atom is 0.273 e. The van der Waals surface area contributed by atoms with Crippen LogP contribution in [0.15, 0.2) is 0 Å². The van der Waals surface area contributed by atoms with Crippen LogP contribution in [0.4, 0.5) is 5.69 Å². The molecule has 1 aliphatic rings. The third kappa shape index (κ3) is 1.95. The minimum atomic E-state index is -0.177. The topological polar surface area (TPSA) is 83.8 Å². The molecule has 1 fully saturated rings. The van der Waals surface area contributed by atoms with Gasteiger partial charge in [0.2, 0.25) is 0 Å². The number of hydrogen-bond acceptors (Lipinski definition) is 3. The van der Waals surface area contributed by atoms with Crippen LogP contribution >= 0.6 is 0 Å². The summed E-state index contributed by atoms with van der Waals surface area (Å²) in [6, 6.07) is 0. The number of aromatic amines is 1. The van der Waals surface area contributed by atoms with Crippen LogP contribution in [0.1, 0.15) is 35.4 Å². The second-order valence-electron chi connectivity index (χ2n) is 4.12. The van der Waals surface area contributed by atoms with Gasteiger partial charge in [-0.1, -0.05) is 6.42 Å². The number of nitrogens with zero attached hydrogens (tertiary/aromatic N) is 1.